The monoisotopic (exact) mass is 1320 g/mol. The second-order valence-corrected chi connectivity index (χ2v) is 30.0. The fraction of sp³-hybridized carbons (Fsp3) is 0.944. The zero-order valence-electron chi connectivity index (χ0n) is 58.6. The second-order valence-electron chi connectivity index (χ2n) is 27.1. The molecule has 0 aliphatic heterocycles. The van der Waals surface area contributed by atoms with Crippen LogP contribution in [0.4, 0.5) is 0 Å². The highest BCUT2D eigenvalue weighted by Gasteiger charge is 2.30. The second kappa shape index (κ2) is 61.9. The van der Waals surface area contributed by atoms with Crippen LogP contribution in [0.25, 0.3) is 0 Å². The molecule has 0 aliphatic carbocycles. The zero-order valence-corrected chi connectivity index (χ0v) is 60.4. The average molecular weight is 1330 g/mol. The summed E-state index contributed by atoms with van der Waals surface area (Å²) in [7, 11) is -9.90. The number of carbonyl (C=O) groups excluding carboxylic acids is 4. The molecule has 19 heteroatoms. The van der Waals surface area contributed by atoms with Gasteiger partial charge in [-0.05, 0) is 43.4 Å². The van der Waals surface area contributed by atoms with Gasteiger partial charge in [0.05, 0.1) is 26.4 Å². The van der Waals surface area contributed by atoms with E-state index in [0.717, 1.165) is 102 Å². The quantitative estimate of drug-likeness (QED) is 0.0222. The van der Waals surface area contributed by atoms with E-state index in [9.17, 15) is 43.2 Å². The highest BCUT2D eigenvalue weighted by molar-refractivity contribution is 7.47. The highest BCUT2D eigenvalue weighted by Crippen LogP contribution is 2.45. The number of hydrogen-bond acceptors (Lipinski definition) is 15. The van der Waals surface area contributed by atoms with Crippen molar-refractivity contribution in [3.8, 4) is 0 Å². The van der Waals surface area contributed by atoms with Crippen LogP contribution >= 0.6 is 15.6 Å². The molecule has 0 aromatic heterocycles. The number of ether oxygens (including phenoxy) is 4. The van der Waals surface area contributed by atoms with Gasteiger partial charge in [-0.25, -0.2) is 9.13 Å². The van der Waals surface area contributed by atoms with Crippen molar-refractivity contribution in [2.45, 2.75) is 375 Å². The lowest BCUT2D eigenvalue weighted by Crippen LogP contribution is -2.30. The first-order valence-corrected chi connectivity index (χ1v) is 39.8. The van der Waals surface area contributed by atoms with Crippen LogP contribution in [0.1, 0.15) is 357 Å². The van der Waals surface area contributed by atoms with Gasteiger partial charge >= 0.3 is 39.5 Å². The molecule has 2 unspecified atom stereocenters. The fourth-order valence-electron chi connectivity index (χ4n) is 10.7. The largest absolute Gasteiger partial charge is 0.472 e. The Hall–Kier alpha value is -1.94. The predicted octanol–water partition coefficient (Wildman–Crippen LogP) is 20.2. The van der Waals surface area contributed by atoms with Crippen molar-refractivity contribution in [2.24, 2.45) is 17.8 Å². The van der Waals surface area contributed by atoms with Gasteiger partial charge in [-0.15, -0.1) is 0 Å². The van der Waals surface area contributed by atoms with E-state index in [-0.39, 0.29) is 25.7 Å². The maximum absolute atomic E-state index is 13.0. The Morgan fingerprint density at radius 3 is 0.756 bits per heavy atom. The third kappa shape index (κ3) is 64.8. The van der Waals surface area contributed by atoms with Crippen molar-refractivity contribution in [3.05, 3.63) is 0 Å². The maximum atomic E-state index is 13.0. The number of carbonyl (C=O) groups is 4. The summed E-state index contributed by atoms with van der Waals surface area (Å²) in [5.41, 5.74) is 0. The maximum Gasteiger partial charge on any atom is 0.472 e. The molecule has 17 nitrogen and oxygen atoms in total. The number of aliphatic hydroxyl groups is 1. The number of aliphatic hydroxyl groups excluding tert-OH is 1. The number of phosphoric acid groups is 2. The summed E-state index contributed by atoms with van der Waals surface area (Å²) >= 11 is 0. The summed E-state index contributed by atoms with van der Waals surface area (Å²) in [6, 6.07) is 0. The molecule has 5 atom stereocenters. The van der Waals surface area contributed by atoms with E-state index < -0.39 is 97.5 Å². The van der Waals surface area contributed by atoms with Crippen molar-refractivity contribution < 1.29 is 80.2 Å². The third-order valence-corrected chi connectivity index (χ3v) is 18.3. The average Bonchev–Trinajstić information content (AvgIpc) is 2.91. The summed E-state index contributed by atoms with van der Waals surface area (Å²) in [5.74, 6) is 0.0503. The van der Waals surface area contributed by atoms with Gasteiger partial charge in [0.15, 0.2) is 12.2 Å². The molecule has 0 aromatic rings. The Kier molecular flexibility index (Phi) is 60.6. The van der Waals surface area contributed by atoms with Crippen LogP contribution in [0.15, 0.2) is 0 Å². The van der Waals surface area contributed by atoms with Gasteiger partial charge in [-0.2, -0.15) is 0 Å². The minimum Gasteiger partial charge on any atom is -0.462 e. The summed E-state index contributed by atoms with van der Waals surface area (Å²) in [4.78, 5) is 72.5. The zero-order chi connectivity index (χ0) is 66.6. The molecule has 3 N–H and O–H groups in total. The third-order valence-electron chi connectivity index (χ3n) is 16.4. The number of phosphoric ester groups is 2. The highest BCUT2D eigenvalue weighted by atomic mass is 31.2. The summed E-state index contributed by atoms with van der Waals surface area (Å²) in [6.45, 7) is 11.7. The number of rotatable bonds is 69. The van der Waals surface area contributed by atoms with E-state index in [0.29, 0.717) is 37.5 Å². The predicted molar refractivity (Wildman–Crippen MR) is 363 cm³/mol. The lowest BCUT2D eigenvalue weighted by molar-refractivity contribution is -0.161. The van der Waals surface area contributed by atoms with Crippen LogP contribution in [-0.2, 0) is 65.4 Å². The van der Waals surface area contributed by atoms with Gasteiger partial charge in [0.2, 0.25) is 0 Å². The van der Waals surface area contributed by atoms with Crippen LogP contribution in [0.3, 0.4) is 0 Å². The molecule has 0 radical (unpaired) electrons. The first-order valence-electron chi connectivity index (χ1n) is 36.8. The van der Waals surface area contributed by atoms with E-state index in [2.05, 4.69) is 48.5 Å². The SMILES string of the molecule is CCCCCCCCCCCCCCCCCC(=O)OC[C@H](COP(=O)(O)OC[C@@H](O)COP(=O)(O)OC[C@@H](COC(=O)CCCCCCCCCC(C)C)OC(=O)CCCCCCCCCC(C)C)OC(=O)CCCCCCCCCCCCCCC(C)C. The summed E-state index contributed by atoms with van der Waals surface area (Å²) in [5, 5.41) is 10.6. The van der Waals surface area contributed by atoms with Crippen molar-refractivity contribution in [1.82, 2.24) is 0 Å². The molecule has 0 fully saturated rings. The van der Waals surface area contributed by atoms with E-state index in [1.807, 2.05) is 0 Å². The molecular weight excluding hydrogens is 1190 g/mol. The lowest BCUT2D eigenvalue weighted by Gasteiger charge is -2.21. The topological polar surface area (TPSA) is 237 Å². The Morgan fingerprint density at radius 2 is 0.511 bits per heavy atom. The van der Waals surface area contributed by atoms with Gasteiger partial charge in [0.25, 0.3) is 0 Å². The van der Waals surface area contributed by atoms with Crippen LogP contribution in [-0.4, -0.2) is 96.7 Å². The van der Waals surface area contributed by atoms with E-state index >= 15 is 0 Å². The minimum absolute atomic E-state index is 0.103. The van der Waals surface area contributed by atoms with Gasteiger partial charge in [-0.1, -0.05) is 305 Å². The van der Waals surface area contributed by atoms with Gasteiger partial charge in [0.1, 0.15) is 19.3 Å². The Morgan fingerprint density at radius 1 is 0.300 bits per heavy atom. The van der Waals surface area contributed by atoms with Crippen LogP contribution in [0.2, 0.25) is 0 Å². The standard InChI is InChI=1S/C71H138O17P2/c1-8-9-10-11-12-13-14-15-16-17-21-24-31-38-45-52-68(73)81-58-66(87-70(75)54-47-40-32-25-22-19-18-20-23-28-35-42-49-62(2)3)60-85-89(77,78)83-56-65(72)57-84-90(79,80)86-61-67(88-71(76)55-48-41-34-27-30-37-44-51-64(6)7)59-82-69(74)53-46-39-33-26-29-36-43-50-63(4)5/h62-67,72H,8-61H2,1-7H3,(H,77,78)(H,79,80)/t65-,66-,67-/m1/s1. The summed E-state index contributed by atoms with van der Waals surface area (Å²) < 4.78 is 68.3. The van der Waals surface area contributed by atoms with E-state index in [4.69, 9.17) is 37.0 Å². The molecule has 0 heterocycles. The Balaban J connectivity index is 5.24. The van der Waals surface area contributed by atoms with Crippen molar-refractivity contribution in [2.75, 3.05) is 39.6 Å². The van der Waals surface area contributed by atoms with Crippen LogP contribution in [0, 0.1) is 17.8 Å². The molecule has 0 bridgehead atoms. The molecule has 0 amide bonds. The first kappa shape index (κ1) is 88.1. The number of unbranched alkanes of at least 4 members (excludes halogenated alkanes) is 37. The van der Waals surface area contributed by atoms with Gasteiger partial charge < -0.3 is 33.8 Å². The van der Waals surface area contributed by atoms with Crippen molar-refractivity contribution >= 4 is 39.5 Å². The van der Waals surface area contributed by atoms with Crippen molar-refractivity contribution in [3.63, 3.8) is 0 Å². The van der Waals surface area contributed by atoms with E-state index in [1.165, 1.54) is 161 Å². The molecule has 0 rings (SSSR count). The van der Waals surface area contributed by atoms with Crippen LogP contribution < -0.4 is 0 Å². The smallest absolute Gasteiger partial charge is 0.462 e. The molecule has 0 aromatic carbocycles. The molecule has 0 spiro atoms. The molecular formula is C71H138O17P2. The molecule has 534 valence electrons. The number of esters is 4. The first-order chi connectivity index (χ1) is 43.2. The van der Waals surface area contributed by atoms with E-state index in [1.54, 1.807) is 0 Å². The summed E-state index contributed by atoms with van der Waals surface area (Å²) in [6.07, 6.45) is 46.0. The molecule has 90 heavy (non-hydrogen) atoms. The van der Waals surface area contributed by atoms with Crippen LogP contribution in [0.5, 0.6) is 0 Å². The Bertz CT molecular complexity index is 1770. The fourth-order valence-corrected chi connectivity index (χ4v) is 12.3. The van der Waals surface area contributed by atoms with Gasteiger partial charge in [-0.3, -0.25) is 37.3 Å². The Labute approximate surface area is 549 Å². The number of hydrogen-bond donors (Lipinski definition) is 3. The molecule has 0 saturated heterocycles. The molecule has 0 aliphatic rings. The normalized spacial score (nSPS) is 14.2. The van der Waals surface area contributed by atoms with Gasteiger partial charge in [0, 0.05) is 25.7 Å². The minimum atomic E-state index is -4.95. The lowest BCUT2D eigenvalue weighted by atomic mass is 10.0. The molecule has 0 saturated carbocycles. The van der Waals surface area contributed by atoms with Crippen molar-refractivity contribution in [1.29, 1.82) is 0 Å².